The molecule has 0 saturated heterocycles. The molecule has 0 fully saturated rings. The van der Waals surface area contributed by atoms with E-state index >= 15 is 0 Å². The fraction of sp³-hybridized carbons (Fsp3) is 0.250. The van der Waals surface area contributed by atoms with E-state index in [1.165, 1.54) is 0 Å². The van der Waals surface area contributed by atoms with E-state index in [0.717, 1.165) is 0 Å². The Morgan fingerprint density at radius 1 is 1.53 bits per heavy atom. The number of anilines is 1. The summed E-state index contributed by atoms with van der Waals surface area (Å²) in [7, 11) is 0. The molecule has 2 N–H and O–H groups in total. The standard InChI is InChI=1S/C12H12Cl2N2O/c1-3-7-15-12(17)8(2)16-10-6-4-5-9(13)11(10)14/h1,4-6,8,16H,7H2,2H3,(H,15,17). The van der Waals surface area contributed by atoms with Crippen LogP contribution in [0.3, 0.4) is 0 Å². The van der Waals surface area contributed by atoms with Crippen LogP contribution in [0.2, 0.25) is 10.0 Å². The first-order chi connectivity index (χ1) is 8.06. The van der Waals surface area contributed by atoms with Crippen molar-refractivity contribution in [3.63, 3.8) is 0 Å². The molecule has 3 nitrogen and oxygen atoms in total. The molecular weight excluding hydrogens is 259 g/mol. The van der Waals surface area contributed by atoms with Crippen molar-refractivity contribution >= 4 is 34.8 Å². The number of benzene rings is 1. The third kappa shape index (κ3) is 3.85. The fourth-order valence-corrected chi connectivity index (χ4v) is 1.56. The maximum atomic E-state index is 11.6. The third-order valence-corrected chi connectivity index (χ3v) is 2.90. The van der Waals surface area contributed by atoms with Crippen LogP contribution >= 0.6 is 23.2 Å². The van der Waals surface area contributed by atoms with Gasteiger partial charge in [0.25, 0.3) is 0 Å². The predicted molar refractivity (Wildman–Crippen MR) is 71.4 cm³/mol. The minimum atomic E-state index is -0.445. The Morgan fingerprint density at radius 2 is 2.24 bits per heavy atom. The quantitative estimate of drug-likeness (QED) is 0.826. The molecular formula is C12H12Cl2N2O. The Balaban J connectivity index is 2.68. The Hall–Kier alpha value is -1.37. The van der Waals surface area contributed by atoms with Crippen molar-refractivity contribution in [1.82, 2.24) is 5.32 Å². The largest absolute Gasteiger partial charge is 0.373 e. The molecule has 5 heteroatoms. The number of halogens is 2. The molecule has 0 radical (unpaired) electrons. The lowest BCUT2D eigenvalue weighted by molar-refractivity contribution is -0.121. The van der Waals surface area contributed by atoms with Crippen LogP contribution < -0.4 is 10.6 Å². The molecule has 90 valence electrons. The van der Waals surface area contributed by atoms with E-state index in [1.54, 1.807) is 25.1 Å². The van der Waals surface area contributed by atoms with Crippen LogP contribution in [0.5, 0.6) is 0 Å². The number of carbonyl (C=O) groups excluding carboxylic acids is 1. The molecule has 0 heterocycles. The lowest BCUT2D eigenvalue weighted by atomic mass is 10.2. The minimum absolute atomic E-state index is 0.195. The van der Waals surface area contributed by atoms with Crippen molar-refractivity contribution in [2.45, 2.75) is 13.0 Å². The molecule has 0 spiro atoms. The molecule has 0 aliphatic heterocycles. The maximum Gasteiger partial charge on any atom is 0.242 e. The molecule has 0 saturated carbocycles. The fourth-order valence-electron chi connectivity index (χ4n) is 1.21. The highest BCUT2D eigenvalue weighted by atomic mass is 35.5. The van der Waals surface area contributed by atoms with Gasteiger partial charge >= 0.3 is 0 Å². The van der Waals surface area contributed by atoms with E-state index in [1.807, 2.05) is 0 Å². The van der Waals surface area contributed by atoms with Crippen LogP contribution in [-0.4, -0.2) is 18.5 Å². The van der Waals surface area contributed by atoms with Gasteiger partial charge in [0.1, 0.15) is 6.04 Å². The summed E-state index contributed by atoms with van der Waals surface area (Å²) >= 11 is 11.8. The Kier molecular flexibility index (Phi) is 5.14. The lowest BCUT2D eigenvalue weighted by Crippen LogP contribution is -2.37. The van der Waals surface area contributed by atoms with E-state index in [0.29, 0.717) is 15.7 Å². The molecule has 1 unspecified atom stereocenters. The average Bonchev–Trinajstić information content (AvgIpc) is 2.31. The van der Waals surface area contributed by atoms with Crippen LogP contribution in [0.25, 0.3) is 0 Å². The van der Waals surface area contributed by atoms with Crippen molar-refractivity contribution in [2.24, 2.45) is 0 Å². The first-order valence-electron chi connectivity index (χ1n) is 4.98. The van der Waals surface area contributed by atoms with E-state index < -0.39 is 6.04 Å². The van der Waals surface area contributed by atoms with Crippen molar-refractivity contribution < 1.29 is 4.79 Å². The zero-order chi connectivity index (χ0) is 12.8. The molecule has 1 aromatic carbocycles. The van der Waals surface area contributed by atoms with E-state index in [2.05, 4.69) is 16.6 Å². The summed E-state index contributed by atoms with van der Waals surface area (Å²) in [5.74, 6) is 2.14. The zero-order valence-corrected chi connectivity index (χ0v) is 10.8. The zero-order valence-electron chi connectivity index (χ0n) is 9.26. The topological polar surface area (TPSA) is 41.1 Å². The van der Waals surface area contributed by atoms with Crippen LogP contribution in [0.4, 0.5) is 5.69 Å². The van der Waals surface area contributed by atoms with Gasteiger partial charge in [0.2, 0.25) is 5.91 Å². The van der Waals surface area contributed by atoms with Gasteiger partial charge in [-0.15, -0.1) is 6.42 Å². The summed E-state index contributed by atoms with van der Waals surface area (Å²) in [5, 5.41) is 6.37. The molecule has 0 aliphatic carbocycles. The van der Waals surface area contributed by atoms with Crippen molar-refractivity contribution in [2.75, 3.05) is 11.9 Å². The molecule has 0 bridgehead atoms. The molecule has 1 rings (SSSR count). The minimum Gasteiger partial charge on any atom is -0.373 e. The second-order valence-corrected chi connectivity index (χ2v) is 4.17. The molecule has 0 aromatic heterocycles. The van der Waals surface area contributed by atoms with Crippen molar-refractivity contribution in [3.8, 4) is 12.3 Å². The normalized spacial score (nSPS) is 11.4. The van der Waals surface area contributed by atoms with Gasteiger partial charge < -0.3 is 10.6 Å². The van der Waals surface area contributed by atoms with E-state index in [-0.39, 0.29) is 12.5 Å². The number of terminal acetylenes is 1. The van der Waals surface area contributed by atoms with Gasteiger partial charge in [-0.05, 0) is 19.1 Å². The van der Waals surface area contributed by atoms with Crippen molar-refractivity contribution in [1.29, 1.82) is 0 Å². The van der Waals surface area contributed by atoms with Crippen LogP contribution in [0.15, 0.2) is 18.2 Å². The first kappa shape index (κ1) is 13.7. The summed E-state index contributed by atoms with van der Waals surface area (Å²) in [6.45, 7) is 1.91. The highest BCUT2D eigenvalue weighted by Gasteiger charge is 2.13. The smallest absolute Gasteiger partial charge is 0.242 e. The van der Waals surface area contributed by atoms with Gasteiger partial charge in [-0.2, -0.15) is 0 Å². The summed E-state index contributed by atoms with van der Waals surface area (Å²) in [6, 6.07) is 4.74. The summed E-state index contributed by atoms with van der Waals surface area (Å²) in [4.78, 5) is 11.6. The van der Waals surface area contributed by atoms with Gasteiger partial charge in [-0.3, -0.25) is 4.79 Å². The number of carbonyl (C=O) groups is 1. The van der Waals surface area contributed by atoms with E-state index in [9.17, 15) is 4.79 Å². The number of rotatable bonds is 4. The molecule has 1 atom stereocenters. The molecule has 17 heavy (non-hydrogen) atoms. The summed E-state index contributed by atoms with van der Waals surface area (Å²) < 4.78 is 0. The SMILES string of the molecule is C#CCNC(=O)C(C)Nc1cccc(Cl)c1Cl. The van der Waals surface area contributed by atoms with Gasteiger partial charge in [0.15, 0.2) is 0 Å². The van der Waals surface area contributed by atoms with Gasteiger partial charge in [0.05, 0.1) is 22.3 Å². The summed E-state index contributed by atoms with van der Waals surface area (Å²) in [6.07, 6.45) is 5.05. The first-order valence-corrected chi connectivity index (χ1v) is 5.73. The third-order valence-electron chi connectivity index (χ3n) is 2.08. The number of hydrogen-bond donors (Lipinski definition) is 2. The highest BCUT2D eigenvalue weighted by Crippen LogP contribution is 2.29. The number of nitrogens with one attached hydrogen (secondary N) is 2. The maximum absolute atomic E-state index is 11.6. The molecule has 1 amide bonds. The number of amides is 1. The second-order valence-electron chi connectivity index (χ2n) is 3.39. The molecule has 1 aromatic rings. The number of hydrogen-bond acceptors (Lipinski definition) is 2. The van der Waals surface area contributed by atoms with Crippen LogP contribution in [0.1, 0.15) is 6.92 Å². The highest BCUT2D eigenvalue weighted by molar-refractivity contribution is 6.43. The summed E-state index contributed by atoms with van der Waals surface area (Å²) in [5.41, 5.74) is 0.613. The Labute approximate surface area is 110 Å². The van der Waals surface area contributed by atoms with Gasteiger partial charge in [-0.25, -0.2) is 0 Å². The lowest BCUT2D eigenvalue weighted by Gasteiger charge is -2.15. The second kappa shape index (κ2) is 6.39. The Bertz CT molecular complexity index is 454. The van der Waals surface area contributed by atoms with Crippen molar-refractivity contribution in [3.05, 3.63) is 28.2 Å². The monoisotopic (exact) mass is 270 g/mol. The van der Waals surface area contributed by atoms with Gasteiger partial charge in [0, 0.05) is 0 Å². The molecule has 0 aliphatic rings. The van der Waals surface area contributed by atoms with Gasteiger partial charge in [-0.1, -0.05) is 35.2 Å². The average molecular weight is 271 g/mol. The van der Waals surface area contributed by atoms with Crippen LogP contribution in [-0.2, 0) is 4.79 Å². The van der Waals surface area contributed by atoms with E-state index in [4.69, 9.17) is 29.6 Å². The predicted octanol–water partition coefficient (Wildman–Crippen LogP) is 2.54. The van der Waals surface area contributed by atoms with Crippen LogP contribution in [0, 0.1) is 12.3 Å². The Morgan fingerprint density at radius 3 is 2.88 bits per heavy atom.